The van der Waals surface area contributed by atoms with Crippen molar-refractivity contribution in [2.45, 2.75) is 63.3 Å². The van der Waals surface area contributed by atoms with Crippen LogP contribution in [-0.2, 0) is 0 Å². The fraction of sp³-hybridized carbons (Fsp3) is 0.429. The van der Waals surface area contributed by atoms with Crippen LogP contribution in [0.2, 0.25) is 0 Å². The molecule has 2 aliphatic carbocycles. The van der Waals surface area contributed by atoms with Gasteiger partial charge in [-0.1, -0.05) is 30.3 Å². The van der Waals surface area contributed by atoms with Crippen LogP contribution in [0.3, 0.4) is 0 Å². The van der Waals surface area contributed by atoms with E-state index in [1.54, 1.807) is 11.3 Å². The summed E-state index contributed by atoms with van der Waals surface area (Å²) in [5.41, 5.74) is 4.55. The molecule has 2 saturated carbocycles. The van der Waals surface area contributed by atoms with Crippen molar-refractivity contribution in [2.24, 2.45) is 5.92 Å². The summed E-state index contributed by atoms with van der Waals surface area (Å²) in [7, 11) is 0. The average molecular weight is 533 g/mol. The number of hydrogen-bond acceptors (Lipinski definition) is 10. The number of rotatable bonds is 8. The topological polar surface area (TPSA) is 136 Å². The first kappa shape index (κ1) is 25.1. The van der Waals surface area contributed by atoms with Crippen molar-refractivity contribution in [1.82, 2.24) is 19.9 Å². The normalized spacial score (nSPS) is 24.0. The van der Waals surface area contributed by atoms with E-state index in [2.05, 4.69) is 15.6 Å². The molecule has 3 aromatic heterocycles. The number of nitrogens with one attached hydrogen (secondary N) is 2. The van der Waals surface area contributed by atoms with Gasteiger partial charge < -0.3 is 26.0 Å². The predicted octanol–water partition coefficient (Wildman–Crippen LogP) is 4.02. The number of pyridine rings is 1. The molecule has 1 aromatic carbocycles. The molecule has 9 nitrogen and oxygen atoms in total. The van der Waals surface area contributed by atoms with Crippen LogP contribution in [0.15, 0.2) is 42.6 Å². The van der Waals surface area contributed by atoms with Gasteiger partial charge in [0.1, 0.15) is 22.4 Å². The number of aliphatic hydroxyl groups excluding tert-OH is 3. The van der Waals surface area contributed by atoms with Crippen molar-refractivity contribution in [1.29, 1.82) is 0 Å². The maximum Gasteiger partial charge on any atom is 0.225 e. The van der Waals surface area contributed by atoms with Gasteiger partial charge in [0.15, 0.2) is 0 Å². The number of aryl methyl sites for hydroxylation is 1. The minimum Gasteiger partial charge on any atom is -0.396 e. The minimum atomic E-state index is -1.03. The molecule has 0 unspecified atom stereocenters. The fourth-order valence-electron chi connectivity index (χ4n) is 5.32. The summed E-state index contributed by atoms with van der Waals surface area (Å²) in [6.45, 7) is 3.82. The molecular formula is C28H32N6O3S. The summed E-state index contributed by atoms with van der Waals surface area (Å²) in [6, 6.07) is 11.5. The van der Waals surface area contributed by atoms with Crippen molar-refractivity contribution in [3.05, 3.63) is 59.5 Å². The Morgan fingerprint density at radius 1 is 1.08 bits per heavy atom. The number of anilines is 2. The van der Waals surface area contributed by atoms with Crippen LogP contribution in [-0.4, -0.2) is 60.1 Å². The van der Waals surface area contributed by atoms with E-state index in [0.29, 0.717) is 24.1 Å². The molecule has 5 atom stereocenters. The largest absolute Gasteiger partial charge is 0.396 e. The third kappa shape index (κ3) is 4.73. The molecule has 0 aliphatic heterocycles. The Balaban J connectivity index is 1.42. The van der Waals surface area contributed by atoms with Crippen LogP contribution in [0.4, 0.5) is 11.8 Å². The maximum atomic E-state index is 10.7. The van der Waals surface area contributed by atoms with E-state index in [9.17, 15) is 15.3 Å². The summed E-state index contributed by atoms with van der Waals surface area (Å²) in [5.74, 6) is 1.11. The number of aromatic nitrogens is 4. The number of thiazole rings is 1. The molecule has 2 fully saturated rings. The van der Waals surface area contributed by atoms with Crippen molar-refractivity contribution in [3.63, 3.8) is 0 Å². The molecule has 0 saturated heterocycles. The summed E-state index contributed by atoms with van der Waals surface area (Å²) in [6.07, 6.45) is 2.48. The molecule has 3 heterocycles. The van der Waals surface area contributed by atoms with E-state index < -0.39 is 18.2 Å². The first-order chi connectivity index (χ1) is 18.4. The Hall–Kier alpha value is -3.18. The van der Waals surface area contributed by atoms with Crippen molar-refractivity contribution >= 4 is 33.3 Å². The van der Waals surface area contributed by atoms with Gasteiger partial charge in [-0.15, -0.1) is 11.3 Å². The van der Waals surface area contributed by atoms with Gasteiger partial charge >= 0.3 is 0 Å². The van der Waals surface area contributed by atoms with Crippen LogP contribution in [0.1, 0.15) is 55.1 Å². The second-order valence-electron chi connectivity index (χ2n) is 10.4. The minimum absolute atomic E-state index is 0.0343. The highest BCUT2D eigenvalue weighted by Crippen LogP contribution is 2.44. The van der Waals surface area contributed by atoms with E-state index in [4.69, 9.17) is 15.0 Å². The van der Waals surface area contributed by atoms with Gasteiger partial charge in [0.2, 0.25) is 5.95 Å². The Morgan fingerprint density at radius 3 is 2.61 bits per heavy atom. The lowest BCUT2D eigenvalue weighted by Gasteiger charge is -2.25. The van der Waals surface area contributed by atoms with E-state index in [0.717, 1.165) is 50.6 Å². The van der Waals surface area contributed by atoms with Gasteiger partial charge in [-0.05, 0) is 44.7 Å². The van der Waals surface area contributed by atoms with Crippen molar-refractivity contribution in [2.75, 3.05) is 17.2 Å². The molecule has 0 radical (unpaired) electrons. The standard InChI is InChI=1S/C28H32N6O3S/c1-14(16-6-4-3-5-7-16)30-28-31-15(2)21(26(34-28)32-23-18(13-35)12-19(36)25(23)37)27-33-24-20(38-27)10-11-29-22(24)17-8-9-17/h3-7,10-11,14,17-19,23,25,35-37H,8-9,12-13H2,1-2H3,(H2,30,31,32,34)/t14-,18+,19-,23-,25-/m1/s1. The third-order valence-corrected chi connectivity index (χ3v) is 8.64. The first-order valence-electron chi connectivity index (χ1n) is 13.1. The number of aliphatic hydroxyl groups is 3. The Bertz CT molecular complexity index is 1440. The van der Waals surface area contributed by atoms with Crippen LogP contribution < -0.4 is 10.6 Å². The SMILES string of the molecule is Cc1nc(N[C@H](C)c2ccccc2)nc(N[C@@H]2[C@H](CO)C[C@@H](O)[C@H]2O)c1-c1nc2c(C3CC3)nccc2s1. The highest BCUT2D eigenvalue weighted by atomic mass is 32.1. The highest BCUT2D eigenvalue weighted by Gasteiger charge is 2.42. The zero-order valence-electron chi connectivity index (χ0n) is 21.4. The Kier molecular flexibility index (Phi) is 6.73. The van der Waals surface area contributed by atoms with E-state index in [1.165, 1.54) is 0 Å². The Morgan fingerprint density at radius 2 is 1.87 bits per heavy atom. The molecule has 0 spiro atoms. The van der Waals surface area contributed by atoms with Gasteiger partial charge in [0.05, 0.1) is 39.8 Å². The summed E-state index contributed by atoms with van der Waals surface area (Å²) in [5, 5.41) is 38.5. The lowest BCUT2D eigenvalue weighted by Crippen LogP contribution is -2.38. The van der Waals surface area contributed by atoms with Crippen LogP contribution in [0.5, 0.6) is 0 Å². The zero-order valence-corrected chi connectivity index (χ0v) is 22.2. The molecule has 4 aromatic rings. The molecule has 2 aliphatic rings. The molecule has 38 heavy (non-hydrogen) atoms. The van der Waals surface area contributed by atoms with Gasteiger partial charge in [0.25, 0.3) is 0 Å². The second-order valence-corrected chi connectivity index (χ2v) is 11.4. The lowest BCUT2D eigenvalue weighted by molar-refractivity contribution is 0.0390. The summed E-state index contributed by atoms with van der Waals surface area (Å²) in [4.78, 5) is 19.3. The maximum absolute atomic E-state index is 10.7. The zero-order chi connectivity index (χ0) is 26.4. The van der Waals surface area contributed by atoms with Gasteiger partial charge in [0, 0.05) is 24.6 Å². The number of benzene rings is 1. The van der Waals surface area contributed by atoms with Gasteiger partial charge in [-0.2, -0.15) is 4.98 Å². The summed E-state index contributed by atoms with van der Waals surface area (Å²) >= 11 is 1.57. The Labute approximate surface area is 225 Å². The van der Waals surface area contributed by atoms with Gasteiger partial charge in [-0.3, -0.25) is 4.98 Å². The van der Waals surface area contributed by atoms with E-state index in [-0.39, 0.29) is 18.6 Å². The molecular weight excluding hydrogens is 500 g/mol. The molecule has 6 rings (SSSR count). The smallest absolute Gasteiger partial charge is 0.225 e. The van der Waals surface area contributed by atoms with E-state index in [1.807, 2.05) is 56.4 Å². The molecule has 198 valence electrons. The molecule has 0 amide bonds. The van der Waals surface area contributed by atoms with Gasteiger partial charge in [-0.25, -0.2) is 9.97 Å². The highest BCUT2D eigenvalue weighted by molar-refractivity contribution is 7.21. The first-order valence-corrected chi connectivity index (χ1v) is 13.9. The lowest BCUT2D eigenvalue weighted by atomic mass is 10.0. The molecule has 0 bridgehead atoms. The monoisotopic (exact) mass is 532 g/mol. The third-order valence-electron chi connectivity index (χ3n) is 7.60. The molecule has 10 heteroatoms. The molecule has 5 N–H and O–H groups in total. The van der Waals surface area contributed by atoms with Crippen LogP contribution >= 0.6 is 11.3 Å². The predicted molar refractivity (Wildman–Crippen MR) is 148 cm³/mol. The van der Waals surface area contributed by atoms with E-state index >= 15 is 0 Å². The average Bonchev–Trinajstić information content (AvgIpc) is 3.62. The number of fused-ring (bicyclic) bond motifs is 1. The second kappa shape index (κ2) is 10.2. The number of hydrogen-bond donors (Lipinski definition) is 5. The number of nitrogens with zero attached hydrogens (tertiary/aromatic N) is 4. The van der Waals surface area contributed by atoms with Crippen LogP contribution in [0, 0.1) is 12.8 Å². The van der Waals surface area contributed by atoms with Crippen molar-refractivity contribution in [3.8, 4) is 10.6 Å². The van der Waals surface area contributed by atoms with Crippen LogP contribution in [0.25, 0.3) is 20.8 Å². The van der Waals surface area contributed by atoms with Crippen molar-refractivity contribution < 1.29 is 15.3 Å². The fourth-order valence-corrected chi connectivity index (χ4v) is 6.38. The quantitative estimate of drug-likeness (QED) is 0.228. The summed E-state index contributed by atoms with van der Waals surface area (Å²) < 4.78 is 1.06.